The molecule has 248 valence electrons. The highest BCUT2D eigenvalue weighted by molar-refractivity contribution is 6.16. The van der Waals surface area contributed by atoms with Crippen LogP contribution in [0.15, 0.2) is 161 Å². The van der Waals surface area contributed by atoms with Gasteiger partial charge >= 0.3 is 0 Å². The quantitative estimate of drug-likeness (QED) is 0.174. The molecule has 3 unspecified atom stereocenters. The van der Waals surface area contributed by atoms with Crippen molar-refractivity contribution in [2.75, 3.05) is 0 Å². The fourth-order valence-corrected chi connectivity index (χ4v) is 8.38. The van der Waals surface area contributed by atoms with Gasteiger partial charge in [-0.25, -0.2) is 4.99 Å². The lowest BCUT2D eigenvalue weighted by Gasteiger charge is -2.43. The van der Waals surface area contributed by atoms with Gasteiger partial charge in [-0.1, -0.05) is 142 Å². The van der Waals surface area contributed by atoms with Gasteiger partial charge in [0.15, 0.2) is 5.84 Å². The van der Waals surface area contributed by atoms with E-state index in [1.807, 2.05) is 6.20 Å². The Bertz CT molecular complexity index is 2200. The van der Waals surface area contributed by atoms with Crippen LogP contribution < -0.4 is 0 Å². The van der Waals surface area contributed by atoms with Crippen molar-refractivity contribution >= 4 is 33.1 Å². The minimum Gasteiger partial charge on any atom is -0.264 e. The van der Waals surface area contributed by atoms with Gasteiger partial charge < -0.3 is 0 Å². The molecule has 50 heavy (non-hydrogen) atoms. The molecule has 1 aliphatic heterocycles. The zero-order valence-electron chi connectivity index (χ0n) is 29.2. The van der Waals surface area contributed by atoms with Crippen LogP contribution in [0.3, 0.4) is 0 Å². The van der Waals surface area contributed by atoms with Crippen LogP contribution in [0.4, 0.5) is 0 Å². The molecule has 2 heterocycles. The second-order valence-electron chi connectivity index (χ2n) is 14.7. The number of aromatic nitrogens is 1. The molecule has 3 nitrogen and oxygen atoms in total. The Morgan fingerprint density at radius 3 is 2.44 bits per heavy atom. The second-order valence-corrected chi connectivity index (χ2v) is 14.7. The van der Waals surface area contributed by atoms with Gasteiger partial charge in [-0.2, -0.15) is 0 Å². The number of benzene rings is 4. The van der Waals surface area contributed by atoms with E-state index in [0.717, 1.165) is 36.4 Å². The fourth-order valence-electron chi connectivity index (χ4n) is 8.38. The molecule has 0 N–H and O–H groups in total. The molecule has 8 rings (SSSR count). The van der Waals surface area contributed by atoms with Crippen LogP contribution >= 0.6 is 0 Å². The number of nitrogens with zero attached hydrogens (tertiary/aromatic N) is 3. The van der Waals surface area contributed by atoms with Crippen LogP contribution in [0.5, 0.6) is 0 Å². The summed E-state index contributed by atoms with van der Waals surface area (Å²) in [4.78, 5) is 15.4. The van der Waals surface area contributed by atoms with E-state index in [0.29, 0.717) is 5.92 Å². The molecule has 4 atom stereocenters. The lowest BCUT2D eigenvalue weighted by molar-refractivity contribution is 0.155. The van der Waals surface area contributed by atoms with E-state index < -0.39 is 0 Å². The summed E-state index contributed by atoms with van der Waals surface area (Å²) >= 11 is 0. The van der Waals surface area contributed by atoms with Crippen molar-refractivity contribution in [1.29, 1.82) is 0 Å². The fraction of sp³-hybridized carbons (Fsp3) is 0.255. The molecular weight excluding hydrogens is 607 g/mol. The monoisotopic (exact) mass is 651 g/mol. The van der Waals surface area contributed by atoms with Crippen molar-refractivity contribution in [2.45, 2.75) is 64.3 Å². The Hall–Kier alpha value is -5.15. The van der Waals surface area contributed by atoms with Crippen LogP contribution in [0.2, 0.25) is 0 Å². The van der Waals surface area contributed by atoms with Gasteiger partial charge in [0.2, 0.25) is 0 Å². The maximum Gasteiger partial charge on any atom is 0.154 e. The average Bonchev–Trinajstić information content (AvgIpc) is 3.17. The third-order valence-corrected chi connectivity index (χ3v) is 11.1. The van der Waals surface area contributed by atoms with Gasteiger partial charge in [0.1, 0.15) is 0 Å². The minimum absolute atomic E-state index is 0.0592. The highest BCUT2D eigenvalue weighted by Gasteiger charge is 2.41. The van der Waals surface area contributed by atoms with Crippen molar-refractivity contribution in [1.82, 2.24) is 4.98 Å². The summed E-state index contributed by atoms with van der Waals surface area (Å²) in [7, 11) is 0. The van der Waals surface area contributed by atoms with Gasteiger partial charge in [0.25, 0.3) is 0 Å². The number of hydrogen-bond donors (Lipinski definition) is 0. The summed E-state index contributed by atoms with van der Waals surface area (Å²) in [5.74, 6) is 1.64. The smallest absolute Gasteiger partial charge is 0.154 e. The average molecular weight is 652 g/mol. The molecule has 0 amide bonds. The van der Waals surface area contributed by atoms with Crippen LogP contribution in [-0.2, 0) is 0 Å². The highest BCUT2D eigenvalue weighted by Crippen LogP contribution is 2.48. The number of aliphatic imine (C=N–C) groups is 2. The summed E-state index contributed by atoms with van der Waals surface area (Å²) in [5, 5.41) is 5.14. The zero-order chi connectivity index (χ0) is 33.9. The molecule has 5 aromatic rings. The number of allylic oxidation sites excluding steroid dienone is 6. The first-order chi connectivity index (χ1) is 24.5. The number of hydrogen-bond acceptors (Lipinski definition) is 3. The van der Waals surface area contributed by atoms with E-state index in [1.54, 1.807) is 0 Å². The van der Waals surface area contributed by atoms with Crippen molar-refractivity contribution in [2.24, 2.45) is 21.3 Å². The Morgan fingerprint density at radius 2 is 1.60 bits per heavy atom. The standard InChI is InChI=1S/C47H45N3/c1-33-14-6-4-3-5-7-16-37(28-33)46-49-44(30-45(50-46)47(2)26-12-17-38(31-47)39-18-13-27-48-32-39)35-24-22-34(23-25-35)43-29-36-15-8-9-19-40(36)41-20-10-11-21-42(41)43/h3-4,6-11,13-16,18-25,27-29,32-33,38,45H,5,12,17,26,30-31H2,1-2H3/b4-3-,14-6-,16-7-,37-28?/t33?,38?,45?,47-/m1/s1. The normalized spacial score (nSPS) is 26.0. The van der Waals surface area contributed by atoms with Gasteiger partial charge in [0, 0.05) is 24.4 Å². The molecule has 0 bridgehead atoms. The topological polar surface area (TPSA) is 37.6 Å². The van der Waals surface area contributed by atoms with E-state index >= 15 is 0 Å². The molecule has 0 spiro atoms. The van der Waals surface area contributed by atoms with E-state index in [1.165, 1.54) is 63.1 Å². The lowest BCUT2D eigenvalue weighted by atomic mass is 9.64. The first-order valence-corrected chi connectivity index (χ1v) is 18.3. The van der Waals surface area contributed by atoms with Crippen molar-refractivity contribution in [3.05, 3.63) is 163 Å². The third-order valence-electron chi connectivity index (χ3n) is 11.1. The van der Waals surface area contributed by atoms with Crippen LogP contribution in [-0.4, -0.2) is 22.6 Å². The van der Waals surface area contributed by atoms with Crippen LogP contribution in [0, 0.1) is 11.3 Å². The van der Waals surface area contributed by atoms with Crippen molar-refractivity contribution in [3.63, 3.8) is 0 Å². The molecule has 0 saturated heterocycles. The molecule has 1 aromatic heterocycles. The first-order valence-electron chi connectivity index (χ1n) is 18.3. The summed E-state index contributed by atoms with van der Waals surface area (Å²) < 4.78 is 0. The molecule has 4 aromatic carbocycles. The Kier molecular flexibility index (Phi) is 8.98. The van der Waals surface area contributed by atoms with Gasteiger partial charge in [0.05, 0.1) is 11.8 Å². The highest BCUT2D eigenvalue weighted by atomic mass is 15.0. The third kappa shape index (κ3) is 6.57. The Morgan fingerprint density at radius 1 is 0.800 bits per heavy atom. The number of rotatable bonds is 5. The van der Waals surface area contributed by atoms with Crippen molar-refractivity contribution in [3.8, 4) is 11.1 Å². The van der Waals surface area contributed by atoms with Gasteiger partial charge in [-0.15, -0.1) is 0 Å². The molecule has 1 fully saturated rings. The van der Waals surface area contributed by atoms with Crippen LogP contribution in [0.25, 0.3) is 32.7 Å². The number of pyridine rings is 1. The van der Waals surface area contributed by atoms with Crippen LogP contribution in [0.1, 0.15) is 69.4 Å². The van der Waals surface area contributed by atoms with E-state index in [2.05, 4.69) is 159 Å². The number of fused-ring (bicyclic) bond motifs is 3. The largest absolute Gasteiger partial charge is 0.264 e. The minimum atomic E-state index is 0.0592. The van der Waals surface area contributed by atoms with E-state index in [-0.39, 0.29) is 17.4 Å². The molecular formula is C47H45N3. The van der Waals surface area contributed by atoms with E-state index in [9.17, 15) is 0 Å². The maximum absolute atomic E-state index is 5.55. The predicted molar refractivity (Wildman–Crippen MR) is 212 cm³/mol. The maximum atomic E-state index is 5.55. The van der Waals surface area contributed by atoms with E-state index in [4.69, 9.17) is 9.98 Å². The molecule has 2 aliphatic carbocycles. The first kappa shape index (κ1) is 32.1. The number of amidine groups is 1. The molecule has 3 heteroatoms. The second kappa shape index (κ2) is 14.0. The van der Waals surface area contributed by atoms with Crippen molar-refractivity contribution < 1.29 is 0 Å². The predicted octanol–water partition coefficient (Wildman–Crippen LogP) is 12.0. The zero-order valence-corrected chi connectivity index (χ0v) is 29.2. The van der Waals surface area contributed by atoms with Gasteiger partial charge in [-0.3, -0.25) is 9.98 Å². The Labute approximate surface area is 296 Å². The molecule has 0 radical (unpaired) electrons. The van der Waals surface area contributed by atoms with Gasteiger partial charge in [-0.05, 0) is 98.9 Å². The summed E-state index contributed by atoms with van der Waals surface area (Å²) in [6.07, 6.45) is 25.9. The summed E-state index contributed by atoms with van der Waals surface area (Å²) in [5.41, 5.74) is 7.33. The Balaban J connectivity index is 1.18. The molecule has 3 aliphatic rings. The summed E-state index contributed by atoms with van der Waals surface area (Å²) in [6.45, 7) is 4.72. The summed E-state index contributed by atoms with van der Waals surface area (Å²) in [6, 6.07) is 33.5. The molecule has 1 saturated carbocycles. The lowest BCUT2D eigenvalue weighted by Crippen LogP contribution is -2.39. The SMILES string of the molecule is CC1C=C(C2=NC([C@]3(C)CCCC(c4cccnc4)C3)CC(c3ccc(-c4cc5ccccc5c5ccccc45)cc3)=N2)/C=C\C/C=C\C=C/1.